The third kappa shape index (κ3) is 5.11. The number of aliphatic carboxylic acids is 1. The van der Waals surface area contributed by atoms with Crippen molar-refractivity contribution in [2.24, 2.45) is 5.73 Å². The third-order valence-corrected chi connectivity index (χ3v) is 2.77. The number of hydrogen-bond donors (Lipinski definition) is 5. The van der Waals surface area contributed by atoms with Crippen LogP contribution in [0.5, 0.6) is 5.75 Å². The molecule has 0 bridgehead atoms. The molecule has 0 saturated carbocycles. The maximum Gasteiger partial charge on any atom is 0.339 e. The standard InChI is InChI=1S/C13H16N2O6/c14-9(3-4-11(17)18)12(19)15-6-7-1-2-8(13(20)21)10(16)5-7/h1-2,5,9,16H,3-4,6,14H2,(H,15,19)(H,17,18)(H,20,21)/t9-/m0/s1. The number of aromatic hydroxyl groups is 1. The minimum atomic E-state index is -1.25. The van der Waals surface area contributed by atoms with Gasteiger partial charge in [-0.3, -0.25) is 9.59 Å². The van der Waals surface area contributed by atoms with Gasteiger partial charge in [0.15, 0.2) is 0 Å². The van der Waals surface area contributed by atoms with E-state index in [4.69, 9.17) is 15.9 Å². The lowest BCUT2D eigenvalue weighted by Gasteiger charge is -2.11. The topological polar surface area (TPSA) is 150 Å². The number of aromatic carboxylic acids is 1. The molecule has 8 nitrogen and oxygen atoms in total. The van der Waals surface area contributed by atoms with Crippen LogP contribution in [0.25, 0.3) is 0 Å². The van der Waals surface area contributed by atoms with Gasteiger partial charge in [-0.1, -0.05) is 6.07 Å². The highest BCUT2D eigenvalue weighted by atomic mass is 16.4. The van der Waals surface area contributed by atoms with Gasteiger partial charge in [0.2, 0.25) is 5.91 Å². The Bertz CT molecular complexity index is 558. The summed E-state index contributed by atoms with van der Waals surface area (Å²) in [5.74, 6) is -3.20. The van der Waals surface area contributed by atoms with E-state index in [1.54, 1.807) is 0 Å². The summed E-state index contributed by atoms with van der Waals surface area (Å²) in [5.41, 5.74) is 5.78. The molecular formula is C13H16N2O6. The first-order chi connectivity index (χ1) is 9.81. The molecule has 1 rings (SSSR count). The number of nitrogens with one attached hydrogen (secondary N) is 1. The highest BCUT2D eigenvalue weighted by Gasteiger charge is 2.15. The van der Waals surface area contributed by atoms with Gasteiger partial charge in [0, 0.05) is 13.0 Å². The van der Waals surface area contributed by atoms with Gasteiger partial charge < -0.3 is 26.4 Å². The van der Waals surface area contributed by atoms with E-state index in [1.807, 2.05) is 0 Å². The van der Waals surface area contributed by atoms with E-state index in [0.29, 0.717) is 5.56 Å². The van der Waals surface area contributed by atoms with E-state index in [2.05, 4.69) is 5.32 Å². The molecule has 0 radical (unpaired) electrons. The van der Waals surface area contributed by atoms with Crippen molar-refractivity contribution in [3.63, 3.8) is 0 Å². The predicted octanol–water partition coefficient (Wildman–Crippen LogP) is -0.101. The molecule has 0 saturated heterocycles. The molecule has 1 atom stereocenters. The van der Waals surface area contributed by atoms with Crippen LogP contribution >= 0.6 is 0 Å². The summed E-state index contributed by atoms with van der Waals surface area (Å²) in [6, 6.07) is 2.97. The normalized spacial score (nSPS) is 11.7. The Morgan fingerprint density at radius 1 is 1.24 bits per heavy atom. The van der Waals surface area contributed by atoms with Crippen LogP contribution in [0.3, 0.4) is 0 Å². The summed E-state index contributed by atoms with van der Waals surface area (Å²) >= 11 is 0. The monoisotopic (exact) mass is 296 g/mol. The highest BCUT2D eigenvalue weighted by Crippen LogP contribution is 2.18. The summed E-state index contributed by atoms with van der Waals surface area (Å²) in [4.78, 5) is 32.7. The number of carboxylic acid groups (broad SMARTS) is 2. The average molecular weight is 296 g/mol. The summed E-state index contributed by atoms with van der Waals surface area (Å²) < 4.78 is 0. The maximum absolute atomic E-state index is 11.6. The fraction of sp³-hybridized carbons (Fsp3) is 0.308. The van der Waals surface area contributed by atoms with E-state index in [-0.39, 0.29) is 24.9 Å². The molecular weight excluding hydrogens is 280 g/mol. The Labute approximate surface area is 120 Å². The number of phenols is 1. The molecule has 8 heteroatoms. The minimum absolute atomic E-state index is 0.0182. The molecule has 6 N–H and O–H groups in total. The Kier molecular flexibility index (Phi) is 5.67. The van der Waals surface area contributed by atoms with E-state index >= 15 is 0 Å². The zero-order valence-corrected chi connectivity index (χ0v) is 11.1. The number of benzene rings is 1. The van der Waals surface area contributed by atoms with Gasteiger partial charge >= 0.3 is 11.9 Å². The molecule has 0 heterocycles. The van der Waals surface area contributed by atoms with Crippen molar-refractivity contribution in [3.05, 3.63) is 29.3 Å². The molecule has 0 spiro atoms. The number of nitrogens with two attached hydrogens (primary N) is 1. The van der Waals surface area contributed by atoms with Crippen molar-refractivity contribution in [1.82, 2.24) is 5.32 Å². The number of carbonyl (C=O) groups excluding carboxylic acids is 1. The number of carboxylic acids is 2. The molecule has 114 valence electrons. The van der Waals surface area contributed by atoms with Crippen molar-refractivity contribution in [2.45, 2.75) is 25.4 Å². The lowest BCUT2D eigenvalue weighted by atomic mass is 10.1. The Morgan fingerprint density at radius 3 is 2.43 bits per heavy atom. The van der Waals surface area contributed by atoms with Gasteiger partial charge in [0.1, 0.15) is 11.3 Å². The van der Waals surface area contributed by atoms with Crippen molar-refractivity contribution in [2.75, 3.05) is 0 Å². The summed E-state index contributed by atoms with van der Waals surface area (Å²) in [7, 11) is 0. The number of hydrogen-bond acceptors (Lipinski definition) is 5. The fourth-order valence-corrected chi connectivity index (χ4v) is 1.60. The van der Waals surface area contributed by atoms with Gasteiger partial charge in [0.25, 0.3) is 0 Å². The number of carbonyl (C=O) groups is 3. The van der Waals surface area contributed by atoms with Crippen LogP contribution in [0.4, 0.5) is 0 Å². The molecule has 0 aliphatic rings. The van der Waals surface area contributed by atoms with E-state index in [1.165, 1.54) is 18.2 Å². The van der Waals surface area contributed by atoms with Crippen LogP contribution in [0.1, 0.15) is 28.8 Å². The van der Waals surface area contributed by atoms with Crippen LogP contribution in [0.15, 0.2) is 18.2 Å². The minimum Gasteiger partial charge on any atom is -0.507 e. The molecule has 0 unspecified atom stereocenters. The van der Waals surface area contributed by atoms with E-state index in [0.717, 1.165) is 0 Å². The van der Waals surface area contributed by atoms with Gasteiger partial charge in [-0.2, -0.15) is 0 Å². The first-order valence-corrected chi connectivity index (χ1v) is 6.11. The van der Waals surface area contributed by atoms with Gasteiger partial charge in [0.05, 0.1) is 6.04 Å². The second-order valence-electron chi connectivity index (χ2n) is 4.41. The summed E-state index contributed by atoms with van der Waals surface area (Å²) in [6.07, 6.45) is -0.187. The first kappa shape index (κ1) is 16.4. The average Bonchev–Trinajstić information content (AvgIpc) is 2.41. The van der Waals surface area contributed by atoms with Crippen LogP contribution in [0.2, 0.25) is 0 Å². The molecule has 0 aliphatic heterocycles. The van der Waals surface area contributed by atoms with Crippen LogP contribution < -0.4 is 11.1 Å². The van der Waals surface area contributed by atoms with E-state index < -0.39 is 29.6 Å². The Balaban J connectivity index is 2.55. The summed E-state index contributed by atoms with van der Waals surface area (Å²) in [5, 5.41) is 29.2. The van der Waals surface area contributed by atoms with Crippen molar-refractivity contribution >= 4 is 17.8 Å². The van der Waals surface area contributed by atoms with Crippen molar-refractivity contribution in [1.29, 1.82) is 0 Å². The van der Waals surface area contributed by atoms with E-state index in [9.17, 15) is 19.5 Å². The third-order valence-electron chi connectivity index (χ3n) is 2.77. The molecule has 0 aromatic heterocycles. The SMILES string of the molecule is N[C@@H](CCC(=O)O)C(=O)NCc1ccc(C(=O)O)c(O)c1. The highest BCUT2D eigenvalue weighted by molar-refractivity contribution is 5.90. The quantitative estimate of drug-likeness (QED) is 0.471. The molecule has 1 aromatic rings. The smallest absolute Gasteiger partial charge is 0.339 e. The van der Waals surface area contributed by atoms with Crippen molar-refractivity contribution in [3.8, 4) is 5.75 Å². The van der Waals surface area contributed by atoms with Gasteiger partial charge in [-0.05, 0) is 24.1 Å². The molecule has 1 amide bonds. The Hall–Kier alpha value is -2.61. The van der Waals surface area contributed by atoms with Crippen LogP contribution in [-0.2, 0) is 16.1 Å². The van der Waals surface area contributed by atoms with Crippen LogP contribution in [0, 0.1) is 0 Å². The van der Waals surface area contributed by atoms with Crippen molar-refractivity contribution < 1.29 is 29.7 Å². The maximum atomic E-state index is 11.6. The van der Waals surface area contributed by atoms with Gasteiger partial charge in [-0.15, -0.1) is 0 Å². The summed E-state index contributed by atoms with van der Waals surface area (Å²) in [6.45, 7) is 0.0487. The molecule has 0 fully saturated rings. The molecule has 1 aromatic carbocycles. The predicted molar refractivity (Wildman–Crippen MR) is 71.8 cm³/mol. The molecule has 0 aliphatic carbocycles. The first-order valence-electron chi connectivity index (χ1n) is 6.11. The zero-order chi connectivity index (χ0) is 16.0. The zero-order valence-electron chi connectivity index (χ0n) is 11.1. The lowest BCUT2D eigenvalue weighted by Crippen LogP contribution is -2.40. The number of rotatable bonds is 7. The van der Waals surface area contributed by atoms with Crippen LogP contribution in [-0.4, -0.2) is 39.2 Å². The van der Waals surface area contributed by atoms with Gasteiger partial charge in [-0.25, -0.2) is 4.79 Å². The Morgan fingerprint density at radius 2 is 1.90 bits per heavy atom. The fourth-order valence-electron chi connectivity index (χ4n) is 1.60. The largest absolute Gasteiger partial charge is 0.507 e. The second kappa shape index (κ2) is 7.25. The lowest BCUT2D eigenvalue weighted by molar-refractivity contribution is -0.137. The second-order valence-corrected chi connectivity index (χ2v) is 4.41. The number of amides is 1. The molecule has 21 heavy (non-hydrogen) atoms.